The molecule has 0 aromatic heterocycles. The molecule has 0 aromatic carbocycles. The molecule has 2 N–H and O–H groups in total. The second kappa shape index (κ2) is 7.20. The first-order valence-electron chi connectivity index (χ1n) is 6.18. The summed E-state index contributed by atoms with van der Waals surface area (Å²) in [6, 6.07) is 0.434. The van der Waals surface area contributed by atoms with E-state index in [0.717, 1.165) is 32.4 Å². The number of rotatable bonds is 6. The van der Waals surface area contributed by atoms with Crippen molar-refractivity contribution in [3.8, 4) is 0 Å². The second-order valence-corrected chi connectivity index (χ2v) is 4.58. The second-order valence-electron chi connectivity index (χ2n) is 4.58. The Bertz CT molecular complexity index is 164. The summed E-state index contributed by atoms with van der Waals surface area (Å²) < 4.78 is 5.14. The fourth-order valence-corrected chi connectivity index (χ4v) is 2.27. The van der Waals surface area contributed by atoms with Crippen LogP contribution in [0.3, 0.4) is 0 Å². The number of hydrogen-bond acceptors (Lipinski definition) is 3. The van der Waals surface area contributed by atoms with E-state index in [9.17, 15) is 5.11 Å². The van der Waals surface area contributed by atoms with E-state index in [4.69, 9.17) is 4.74 Å². The minimum absolute atomic E-state index is 0.0914. The molecule has 0 amide bonds. The molecule has 0 aromatic rings. The zero-order chi connectivity index (χ0) is 11.1. The Morgan fingerprint density at radius 3 is 2.73 bits per heavy atom. The Labute approximate surface area is 93.2 Å². The normalized spacial score (nSPS) is 29.0. The van der Waals surface area contributed by atoms with Crippen LogP contribution in [0, 0.1) is 5.92 Å². The van der Waals surface area contributed by atoms with Gasteiger partial charge in [0.2, 0.25) is 0 Å². The van der Waals surface area contributed by atoms with E-state index >= 15 is 0 Å². The molecule has 0 radical (unpaired) electrons. The van der Waals surface area contributed by atoms with Crippen LogP contribution in [0.15, 0.2) is 0 Å². The highest BCUT2D eigenvalue weighted by atomic mass is 16.5. The fraction of sp³-hybridized carbons (Fsp3) is 1.00. The van der Waals surface area contributed by atoms with Crippen molar-refractivity contribution in [1.82, 2.24) is 5.32 Å². The third-order valence-corrected chi connectivity index (χ3v) is 3.40. The Hall–Kier alpha value is -0.120. The van der Waals surface area contributed by atoms with Crippen LogP contribution in [0.5, 0.6) is 0 Å². The summed E-state index contributed by atoms with van der Waals surface area (Å²) in [6.07, 6.45) is 5.59. The lowest BCUT2D eigenvalue weighted by Gasteiger charge is -2.29. The molecule has 3 unspecified atom stereocenters. The van der Waals surface area contributed by atoms with Crippen molar-refractivity contribution in [3.63, 3.8) is 0 Å². The maximum Gasteiger partial charge on any atom is 0.0615 e. The number of ether oxygens (including phenoxy) is 1. The van der Waals surface area contributed by atoms with E-state index in [1.165, 1.54) is 12.8 Å². The Kier molecular flexibility index (Phi) is 6.22. The van der Waals surface area contributed by atoms with Crippen molar-refractivity contribution in [2.75, 3.05) is 20.3 Å². The number of methoxy groups -OCH3 is 1. The lowest BCUT2D eigenvalue weighted by Crippen LogP contribution is -2.40. The van der Waals surface area contributed by atoms with Crippen LogP contribution in [0.4, 0.5) is 0 Å². The number of aliphatic hydroxyl groups excluding tert-OH is 1. The van der Waals surface area contributed by atoms with E-state index < -0.39 is 0 Å². The highest BCUT2D eigenvalue weighted by Crippen LogP contribution is 2.23. The van der Waals surface area contributed by atoms with Crippen LogP contribution in [-0.2, 0) is 4.74 Å². The van der Waals surface area contributed by atoms with Gasteiger partial charge in [0.05, 0.1) is 12.7 Å². The van der Waals surface area contributed by atoms with Crippen molar-refractivity contribution >= 4 is 0 Å². The predicted molar refractivity (Wildman–Crippen MR) is 61.9 cm³/mol. The third-order valence-electron chi connectivity index (χ3n) is 3.40. The molecule has 90 valence electrons. The summed E-state index contributed by atoms with van der Waals surface area (Å²) in [5.41, 5.74) is 0. The zero-order valence-electron chi connectivity index (χ0n) is 10.0. The number of aliphatic hydroxyl groups is 1. The van der Waals surface area contributed by atoms with Crippen LogP contribution in [0.25, 0.3) is 0 Å². The summed E-state index contributed by atoms with van der Waals surface area (Å²) >= 11 is 0. The van der Waals surface area contributed by atoms with Crippen LogP contribution < -0.4 is 5.32 Å². The monoisotopic (exact) mass is 215 g/mol. The Balaban J connectivity index is 2.21. The lowest BCUT2D eigenvalue weighted by molar-refractivity contribution is 0.0649. The van der Waals surface area contributed by atoms with Gasteiger partial charge in [-0.3, -0.25) is 0 Å². The quantitative estimate of drug-likeness (QED) is 0.706. The van der Waals surface area contributed by atoms with Gasteiger partial charge in [0.1, 0.15) is 0 Å². The molecule has 1 aliphatic rings. The molecular formula is C12H25NO2. The van der Waals surface area contributed by atoms with Crippen LogP contribution in [-0.4, -0.2) is 37.5 Å². The summed E-state index contributed by atoms with van der Waals surface area (Å²) in [6.45, 7) is 3.86. The van der Waals surface area contributed by atoms with E-state index in [2.05, 4.69) is 12.2 Å². The molecule has 0 heterocycles. The maximum atomic E-state index is 9.81. The van der Waals surface area contributed by atoms with Crippen LogP contribution in [0.1, 0.15) is 39.0 Å². The average Bonchev–Trinajstić information content (AvgIpc) is 2.26. The Morgan fingerprint density at radius 1 is 1.40 bits per heavy atom. The highest BCUT2D eigenvalue weighted by molar-refractivity contribution is 4.77. The van der Waals surface area contributed by atoms with Gasteiger partial charge in [-0.1, -0.05) is 19.8 Å². The molecule has 0 spiro atoms. The van der Waals surface area contributed by atoms with Gasteiger partial charge in [-0.25, -0.2) is 0 Å². The summed E-state index contributed by atoms with van der Waals surface area (Å²) in [5.74, 6) is 0.449. The molecule has 1 fully saturated rings. The third kappa shape index (κ3) is 4.49. The van der Waals surface area contributed by atoms with Crippen molar-refractivity contribution < 1.29 is 9.84 Å². The van der Waals surface area contributed by atoms with E-state index in [-0.39, 0.29) is 6.10 Å². The van der Waals surface area contributed by atoms with Gasteiger partial charge in [-0.2, -0.15) is 0 Å². The van der Waals surface area contributed by atoms with Crippen LogP contribution >= 0.6 is 0 Å². The standard InChI is InChI=1S/C12H25NO2/c1-3-11(9-15-2)13-8-10-6-4-5-7-12(10)14/h10-14H,3-9H2,1-2H3. The Morgan fingerprint density at radius 2 is 2.13 bits per heavy atom. The molecule has 15 heavy (non-hydrogen) atoms. The molecule has 0 aliphatic heterocycles. The first-order valence-corrected chi connectivity index (χ1v) is 6.18. The van der Waals surface area contributed by atoms with Crippen LogP contribution in [0.2, 0.25) is 0 Å². The first-order chi connectivity index (χ1) is 7.27. The smallest absolute Gasteiger partial charge is 0.0615 e. The summed E-state index contributed by atoms with van der Waals surface area (Å²) in [4.78, 5) is 0. The SMILES string of the molecule is CCC(COC)NCC1CCCCC1O. The van der Waals surface area contributed by atoms with Gasteiger partial charge in [0.15, 0.2) is 0 Å². The molecule has 1 aliphatic carbocycles. The molecule has 1 saturated carbocycles. The van der Waals surface area contributed by atoms with Gasteiger partial charge in [0.25, 0.3) is 0 Å². The predicted octanol–water partition coefficient (Wildman–Crippen LogP) is 1.55. The van der Waals surface area contributed by atoms with Crippen molar-refractivity contribution in [2.24, 2.45) is 5.92 Å². The molecular weight excluding hydrogens is 190 g/mol. The van der Waals surface area contributed by atoms with Gasteiger partial charge in [0, 0.05) is 19.7 Å². The fourth-order valence-electron chi connectivity index (χ4n) is 2.27. The number of hydrogen-bond donors (Lipinski definition) is 2. The highest BCUT2D eigenvalue weighted by Gasteiger charge is 2.23. The molecule has 3 nitrogen and oxygen atoms in total. The van der Waals surface area contributed by atoms with E-state index in [1.54, 1.807) is 7.11 Å². The first kappa shape index (κ1) is 12.9. The lowest BCUT2D eigenvalue weighted by atomic mass is 9.86. The van der Waals surface area contributed by atoms with Gasteiger partial charge in [-0.05, 0) is 25.2 Å². The minimum Gasteiger partial charge on any atom is -0.393 e. The summed E-state index contributed by atoms with van der Waals surface area (Å²) in [5, 5.41) is 13.3. The minimum atomic E-state index is -0.0914. The molecule has 3 heteroatoms. The van der Waals surface area contributed by atoms with Gasteiger partial charge < -0.3 is 15.2 Å². The molecule has 1 rings (SSSR count). The zero-order valence-corrected chi connectivity index (χ0v) is 10.0. The topological polar surface area (TPSA) is 41.5 Å². The van der Waals surface area contributed by atoms with Crippen molar-refractivity contribution in [3.05, 3.63) is 0 Å². The molecule has 0 saturated heterocycles. The number of nitrogens with one attached hydrogen (secondary N) is 1. The molecule has 0 bridgehead atoms. The van der Waals surface area contributed by atoms with Crippen molar-refractivity contribution in [2.45, 2.75) is 51.2 Å². The summed E-state index contributed by atoms with van der Waals surface area (Å²) in [7, 11) is 1.74. The van der Waals surface area contributed by atoms with Gasteiger partial charge >= 0.3 is 0 Å². The average molecular weight is 215 g/mol. The van der Waals surface area contributed by atoms with E-state index in [1.807, 2.05) is 0 Å². The molecule has 3 atom stereocenters. The largest absolute Gasteiger partial charge is 0.393 e. The maximum absolute atomic E-state index is 9.81. The van der Waals surface area contributed by atoms with Gasteiger partial charge in [-0.15, -0.1) is 0 Å². The van der Waals surface area contributed by atoms with Crippen molar-refractivity contribution in [1.29, 1.82) is 0 Å². The van der Waals surface area contributed by atoms with E-state index in [0.29, 0.717) is 12.0 Å².